The van der Waals surface area contributed by atoms with Crippen molar-refractivity contribution in [1.29, 1.82) is 0 Å². The Balaban J connectivity index is 1.73. The van der Waals surface area contributed by atoms with Crippen molar-refractivity contribution in [2.75, 3.05) is 27.7 Å². The zero-order chi connectivity index (χ0) is 19.2. The third kappa shape index (κ3) is 4.53. The molecule has 0 saturated carbocycles. The molecule has 1 aromatic heterocycles. The van der Waals surface area contributed by atoms with Crippen LogP contribution in [0.15, 0.2) is 60.1 Å². The van der Waals surface area contributed by atoms with Crippen molar-refractivity contribution in [3.05, 3.63) is 70.5 Å². The van der Waals surface area contributed by atoms with Gasteiger partial charge in [-0.15, -0.1) is 11.3 Å². The van der Waals surface area contributed by atoms with Crippen LogP contribution in [0, 0.1) is 0 Å². The lowest BCUT2D eigenvalue weighted by Gasteiger charge is -2.25. The Bertz CT molecular complexity index is 876. The van der Waals surface area contributed by atoms with Gasteiger partial charge in [-0.1, -0.05) is 42.5 Å². The van der Waals surface area contributed by atoms with Gasteiger partial charge in [0, 0.05) is 12.1 Å². The molecule has 1 amide bonds. The summed E-state index contributed by atoms with van der Waals surface area (Å²) in [7, 11) is 5.66. The lowest BCUT2D eigenvalue weighted by atomic mass is 10.1. The molecule has 1 N–H and O–H groups in total. The van der Waals surface area contributed by atoms with Crippen LogP contribution in [0.2, 0.25) is 0 Å². The molecule has 0 spiro atoms. The molecule has 0 radical (unpaired) electrons. The number of benzene rings is 2. The molecular weight excluding hydrogens is 358 g/mol. The smallest absolute Gasteiger partial charge is 0.263 e. The Labute approximate surface area is 163 Å². The van der Waals surface area contributed by atoms with Gasteiger partial charge in [-0.2, -0.15) is 0 Å². The van der Waals surface area contributed by atoms with Crippen LogP contribution in [0.4, 0.5) is 0 Å². The van der Waals surface area contributed by atoms with Gasteiger partial charge in [0.1, 0.15) is 10.6 Å². The molecule has 1 heterocycles. The summed E-state index contributed by atoms with van der Waals surface area (Å²) in [6.45, 7) is 0.504. The Hall–Kier alpha value is -2.70. The average Bonchev–Trinajstić information content (AvgIpc) is 3.19. The first-order valence-electron chi connectivity index (χ1n) is 8.67. The van der Waals surface area contributed by atoms with Crippen molar-refractivity contribution >= 4 is 17.2 Å². The SMILES string of the molecule is COc1ccc(C(CNC(=O)c2scnc2-c2ccccc2)N(C)C)cc1. The maximum atomic E-state index is 12.8. The van der Waals surface area contributed by atoms with Crippen LogP contribution < -0.4 is 10.1 Å². The van der Waals surface area contributed by atoms with E-state index in [1.165, 1.54) is 11.3 Å². The highest BCUT2D eigenvalue weighted by atomic mass is 32.1. The van der Waals surface area contributed by atoms with Gasteiger partial charge in [0.05, 0.1) is 24.4 Å². The highest BCUT2D eigenvalue weighted by Gasteiger charge is 2.19. The van der Waals surface area contributed by atoms with E-state index in [1.54, 1.807) is 12.6 Å². The number of hydrogen-bond donors (Lipinski definition) is 1. The second kappa shape index (κ2) is 8.79. The molecule has 5 nitrogen and oxygen atoms in total. The van der Waals surface area contributed by atoms with Gasteiger partial charge in [-0.25, -0.2) is 4.98 Å². The van der Waals surface area contributed by atoms with E-state index in [4.69, 9.17) is 4.74 Å². The highest BCUT2D eigenvalue weighted by Crippen LogP contribution is 2.26. The van der Waals surface area contributed by atoms with E-state index < -0.39 is 0 Å². The van der Waals surface area contributed by atoms with E-state index in [0.717, 1.165) is 22.6 Å². The fourth-order valence-corrected chi connectivity index (χ4v) is 3.63. The molecule has 27 heavy (non-hydrogen) atoms. The lowest BCUT2D eigenvalue weighted by Crippen LogP contribution is -2.34. The standard InChI is InChI=1S/C21H23N3O2S/c1-24(2)18(15-9-11-17(26-3)12-10-15)13-22-21(25)20-19(23-14-27-20)16-7-5-4-6-8-16/h4-12,14,18H,13H2,1-3H3,(H,22,25). The predicted molar refractivity (Wildman–Crippen MR) is 109 cm³/mol. The number of likely N-dealkylation sites (N-methyl/N-ethyl adjacent to an activating group) is 1. The Morgan fingerprint density at radius 2 is 1.85 bits per heavy atom. The van der Waals surface area contributed by atoms with Crippen molar-refractivity contribution in [1.82, 2.24) is 15.2 Å². The van der Waals surface area contributed by atoms with Crippen LogP contribution in [0.3, 0.4) is 0 Å². The predicted octanol–water partition coefficient (Wildman–Crippen LogP) is 3.85. The summed E-state index contributed by atoms with van der Waals surface area (Å²) < 4.78 is 5.22. The van der Waals surface area contributed by atoms with Crippen LogP contribution in [0.5, 0.6) is 5.75 Å². The van der Waals surface area contributed by atoms with Gasteiger partial charge >= 0.3 is 0 Å². The van der Waals surface area contributed by atoms with E-state index >= 15 is 0 Å². The van der Waals surface area contributed by atoms with Gasteiger partial charge in [0.25, 0.3) is 5.91 Å². The van der Waals surface area contributed by atoms with Crippen LogP contribution in [-0.2, 0) is 0 Å². The zero-order valence-electron chi connectivity index (χ0n) is 15.7. The lowest BCUT2D eigenvalue weighted by molar-refractivity contribution is 0.0946. The van der Waals surface area contributed by atoms with Gasteiger partial charge < -0.3 is 15.0 Å². The third-order valence-corrected chi connectivity index (χ3v) is 5.23. The summed E-state index contributed by atoms with van der Waals surface area (Å²) in [6.07, 6.45) is 0. The van der Waals surface area contributed by atoms with E-state index in [1.807, 2.05) is 68.7 Å². The summed E-state index contributed by atoms with van der Waals surface area (Å²) in [5.74, 6) is 0.717. The molecule has 0 saturated heterocycles. The number of nitrogens with one attached hydrogen (secondary N) is 1. The molecule has 0 aliphatic heterocycles. The number of methoxy groups -OCH3 is 1. The van der Waals surface area contributed by atoms with Crippen LogP contribution in [0.1, 0.15) is 21.3 Å². The monoisotopic (exact) mass is 381 g/mol. The quantitative estimate of drug-likeness (QED) is 0.675. The summed E-state index contributed by atoms with van der Waals surface area (Å²) in [6, 6.07) is 17.8. The first kappa shape index (κ1) is 19.1. The Kier molecular flexibility index (Phi) is 6.21. The van der Waals surface area contributed by atoms with Crippen molar-refractivity contribution in [2.24, 2.45) is 0 Å². The minimum Gasteiger partial charge on any atom is -0.497 e. The van der Waals surface area contributed by atoms with Crippen molar-refractivity contribution in [2.45, 2.75) is 6.04 Å². The topological polar surface area (TPSA) is 54.5 Å². The average molecular weight is 382 g/mol. The molecule has 1 unspecified atom stereocenters. The molecule has 0 fully saturated rings. The summed E-state index contributed by atoms with van der Waals surface area (Å²) in [4.78, 5) is 19.9. The van der Waals surface area contributed by atoms with Crippen LogP contribution in [0.25, 0.3) is 11.3 Å². The first-order chi connectivity index (χ1) is 13.1. The number of amides is 1. The molecule has 0 bridgehead atoms. The highest BCUT2D eigenvalue weighted by molar-refractivity contribution is 7.12. The Morgan fingerprint density at radius 1 is 1.15 bits per heavy atom. The van der Waals surface area contributed by atoms with E-state index in [2.05, 4.69) is 15.2 Å². The number of ether oxygens (including phenoxy) is 1. The van der Waals surface area contributed by atoms with E-state index in [9.17, 15) is 4.79 Å². The molecular formula is C21H23N3O2S. The third-order valence-electron chi connectivity index (χ3n) is 4.40. The van der Waals surface area contributed by atoms with Crippen LogP contribution >= 0.6 is 11.3 Å². The largest absolute Gasteiger partial charge is 0.497 e. The van der Waals surface area contributed by atoms with Crippen molar-refractivity contribution < 1.29 is 9.53 Å². The molecule has 140 valence electrons. The van der Waals surface area contributed by atoms with Crippen LogP contribution in [-0.4, -0.2) is 43.5 Å². The summed E-state index contributed by atoms with van der Waals surface area (Å²) in [5.41, 5.74) is 4.50. The second-order valence-corrected chi connectivity index (χ2v) is 7.21. The van der Waals surface area contributed by atoms with E-state index in [-0.39, 0.29) is 11.9 Å². The summed E-state index contributed by atoms with van der Waals surface area (Å²) >= 11 is 1.36. The molecule has 3 aromatic rings. The Morgan fingerprint density at radius 3 is 2.48 bits per heavy atom. The minimum absolute atomic E-state index is 0.0629. The van der Waals surface area contributed by atoms with Gasteiger partial charge in [-0.3, -0.25) is 4.79 Å². The molecule has 0 aliphatic rings. The number of nitrogens with zero attached hydrogens (tertiary/aromatic N) is 2. The fourth-order valence-electron chi connectivity index (χ4n) is 2.90. The van der Waals surface area contributed by atoms with Gasteiger partial charge in [0.15, 0.2) is 0 Å². The summed E-state index contributed by atoms with van der Waals surface area (Å²) in [5, 5.41) is 3.06. The normalized spacial score (nSPS) is 12.0. The molecule has 1 atom stereocenters. The molecule has 3 rings (SSSR count). The number of carbonyl (C=O) groups is 1. The number of thiazole rings is 1. The fraction of sp³-hybridized carbons (Fsp3) is 0.238. The van der Waals surface area contributed by atoms with Gasteiger partial charge in [0.2, 0.25) is 0 Å². The number of hydrogen-bond acceptors (Lipinski definition) is 5. The van der Waals surface area contributed by atoms with Crippen molar-refractivity contribution in [3.63, 3.8) is 0 Å². The second-order valence-electron chi connectivity index (χ2n) is 6.36. The molecule has 6 heteroatoms. The van der Waals surface area contributed by atoms with Crippen molar-refractivity contribution in [3.8, 4) is 17.0 Å². The number of rotatable bonds is 7. The maximum Gasteiger partial charge on any atom is 0.263 e. The molecule has 0 aliphatic carbocycles. The molecule has 2 aromatic carbocycles. The maximum absolute atomic E-state index is 12.8. The number of carbonyl (C=O) groups excluding carboxylic acids is 1. The van der Waals surface area contributed by atoms with E-state index in [0.29, 0.717) is 11.4 Å². The zero-order valence-corrected chi connectivity index (χ0v) is 16.5. The van der Waals surface area contributed by atoms with Gasteiger partial charge in [-0.05, 0) is 31.8 Å². The minimum atomic E-state index is -0.100. The number of aromatic nitrogens is 1. The first-order valence-corrected chi connectivity index (χ1v) is 9.55.